The number of para-hydroxylation sites is 2. The maximum Gasteiger partial charge on any atom is 0.321 e. The van der Waals surface area contributed by atoms with Crippen molar-refractivity contribution < 1.29 is 19.4 Å². The average molecular weight is 346 g/mol. The number of benzene rings is 1. The molecule has 1 aliphatic carbocycles. The van der Waals surface area contributed by atoms with Crippen LogP contribution in [0.4, 0.5) is 10.5 Å². The first-order valence-corrected chi connectivity index (χ1v) is 9.08. The number of amides is 2. The molecular weight excluding hydrogens is 320 g/mol. The fraction of sp³-hybridized carbons (Fsp3) is 0.579. The number of hydrogen-bond acceptors (Lipinski definition) is 3. The number of rotatable bonds is 6. The highest BCUT2D eigenvalue weighted by Crippen LogP contribution is 2.49. The number of likely N-dealkylation sites (tertiary alicyclic amines) is 1. The molecule has 0 unspecified atom stereocenters. The highest BCUT2D eigenvalue weighted by atomic mass is 16.5. The molecule has 0 aromatic heterocycles. The summed E-state index contributed by atoms with van der Waals surface area (Å²) in [5.41, 5.74) is -0.126. The first kappa shape index (κ1) is 17.6. The lowest BCUT2D eigenvalue weighted by molar-refractivity contribution is -0.149. The zero-order valence-electron chi connectivity index (χ0n) is 14.7. The molecule has 3 rings (SSSR count). The Morgan fingerprint density at radius 1 is 1.40 bits per heavy atom. The number of hydrogen-bond donors (Lipinski definition) is 2. The Labute approximate surface area is 148 Å². The molecule has 1 saturated heterocycles. The van der Waals surface area contributed by atoms with Gasteiger partial charge in [0.15, 0.2) is 0 Å². The monoisotopic (exact) mass is 346 g/mol. The number of unbranched alkanes of at least 4 members (excludes halogenated alkanes) is 1. The van der Waals surface area contributed by atoms with E-state index in [9.17, 15) is 14.7 Å². The topological polar surface area (TPSA) is 78.9 Å². The maximum absolute atomic E-state index is 12.7. The molecular formula is C19H26N2O4. The Bertz CT molecular complexity index is 648. The van der Waals surface area contributed by atoms with E-state index in [0.29, 0.717) is 31.0 Å². The van der Waals surface area contributed by atoms with Crippen molar-refractivity contribution in [1.82, 2.24) is 4.90 Å². The summed E-state index contributed by atoms with van der Waals surface area (Å²) >= 11 is 0. The average Bonchev–Trinajstić information content (AvgIpc) is 3.15. The molecule has 1 aliphatic heterocycles. The molecule has 2 fully saturated rings. The van der Waals surface area contributed by atoms with Crippen molar-refractivity contribution >= 4 is 17.7 Å². The Balaban J connectivity index is 1.67. The van der Waals surface area contributed by atoms with Crippen LogP contribution in [0.5, 0.6) is 5.75 Å². The Kier molecular flexibility index (Phi) is 5.16. The predicted octanol–water partition coefficient (Wildman–Crippen LogP) is 3.58. The lowest BCUT2D eigenvalue weighted by atomic mass is 9.81. The van der Waals surface area contributed by atoms with E-state index in [1.807, 2.05) is 24.3 Å². The van der Waals surface area contributed by atoms with Gasteiger partial charge in [0.05, 0.1) is 17.7 Å². The van der Waals surface area contributed by atoms with Crippen molar-refractivity contribution in [2.24, 2.45) is 11.3 Å². The fourth-order valence-corrected chi connectivity index (χ4v) is 4.01. The van der Waals surface area contributed by atoms with E-state index < -0.39 is 11.4 Å². The van der Waals surface area contributed by atoms with Crippen LogP contribution >= 0.6 is 0 Å². The van der Waals surface area contributed by atoms with Crippen LogP contribution in [0.15, 0.2) is 24.3 Å². The van der Waals surface area contributed by atoms with Gasteiger partial charge in [0.25, 0.3) is 0 Å². The van der Waals surface area contributed by atoms with Gasteiger partial charge in [-0.05, 0) is 37.3 Å². The first-order chi connectivity index (χ1) is 12.1. The largest absolute Gasteiger partial charge is 0.491 e. The molecule has 1 aromatic rings. The van der Waals surface area contributed by atoms with Crippen LogP contribution in [0.2, 0.25) is 0 Å². The molecule has 0 bridgehead atoms. The number of nitrogens with one attached hydrogen (secondary N) is 1. The second-order valence-corrected chi connectivity index (χ2v) is 7.06. The minimum absolute atomic E-state index is 0.0618. The summed E-state index contributed by atoms with van der Waals surface area (Å²) in [4.78, 5) is 26.1. The molecule has 2 N–H and O–H groups in total. The summed E-state index contributed by atoms with van der Waals surface area (Å²) < 4.78 is 5.75. The summed E-state index contributed by atoms with van der Waals surface area (Å²) in [5.74, 6) is -0.0583. The molecule has 6 heteroatoms. The minimum atomic E-state index is -0.770. The van der Waals surface area contributed by atoms with Gasteiger partial charge in [-0.1, -0.05) is 31.9 Å². The van der Waals surface area contributed by atoms with E-state index in [1.54, 1.807) is 4.90 Å². The van der Waals surface area contributed by atoms with Crippen LogP contribution in [0.1, 0.15) is 39.0 Å². The third kappa shape index (κ3) is 3.43. The summed E-state index contributed by atoms with van der Waals surface area (Å²) in [6, 6.07) is 7.11. The smallest absolute Gasteiger partial charge is 0.321 e. The van der Waals surface area contributed by atoms with E-state index >= 15 is 0 Å². The molecule has 1 aromatic carbocycles. The van der Waals surface area contributed by atoms with Gasteiger partial charge in [0.1, 0.15) is 5.75 Å². The zero-order chi connectivity index (χ0) is 17.9. The number of carbonyl (C=O) groups excluding carboxylic acids is 1. The fourth-order valence-electron chi connectivity index (χ4n) is 4.01. The lowest BCUT2D eigenvalue weighted by Crippen LogP contribution is -2.38. The van der Waals surface area contributed by atoms with E-state index in [0.717, 1.165) is 25.7 Å². The number of carboxylic acid groups (broad SMARTS) is 1. The van der Waals surface area contributed by atoms with Crippen molar-refractivity contribution in [3.8, 4) is 5.75 Å². The summed E-state index contributed by atoms with van der Waals surface area (Å²) in [6.07, 6.45) is 4.47. The number of carboxylic acids is 1. The summed E-state index contributed by atoms with van der Waals surface area (Å²) in [7, 11) is 0. The van der Waals surface area contributed by atoms with Gasteiger partial charge in [0, 0.05) is 13.1 Å². The highest BCUT2D eigenvalue weighted by molar-refractivity contribution is 5.92. The van der Waals surface area contributed by atoms with Crippen molar-refractivity contribution in [1.29, 1.82) is 0 Å². The number of anilines is 1. The summed E-state index contributed by atoms with van der Waals surface area (Å²) in [5, 5.41) is 12.5. The third-order valence-corrected chi connectivity index (χ3v) is 5.47. The van der Waals surface area contributed by atoms with Crippen LogP contribution < -0.4 is 10.1 Å². The molecule has 2 amide bonds. The summed E-state index contributed by atoms with van der Waals surface area (Å²) in [6.45, 7) is 3.51. The van der Waals surface area contributed by atoms with Gasteiger partial charge >= 0.3 is 12.0 Å². The lowest BCUT2D eigenvalue weighted by Gasteiger charge is -2.23. The normalized spacial score (nSPS) is 24.8. The van der Waals surface area contributed by atoms with Crippen LogP contribution in [0, 0.1) is 11.3 Å². The molecule has 6 nitrogen and oxygen atoms in total. The molecule has 25 heavy (non-hydrogen) atoms. The van der Waals surface area contributed by atoms with E-state index in [2.05, 4.69) is 12.2 Å². The standard InChI is InChI=1S/C19H26N2O4/c1-2-3-11-25-16-9-5-4-8-15(16)20-18(24)21-12-14-7-6-10-19(14,13-21)17(22)23/h4-5,8-9,14H,2-3,6-7,10-13H2,1H3,(H,20,24)(H,22,23)/t14-,19+/m0/s1. The second kappa shape index (κ2) is 7.33. The Morgan fingerprint density at radius 2 is 2.20 bits per heavy atom. The van der Waals surface area contributed by atoms with Crippen LogP contribution in [-0.4, -0.2) is 41.7 Å². The van der Waals surface area contributed by atoms with E-state index in [-0.39, 0.29) is 18.5 Å². The number of urea groups is 1. The second-order valence-electron chi connectivity index (χ2n) is 7.06. The molecule has 136 valence electrons. The van der Waals surface area contributed by atoms with Gasteiger partial charge in [-0.15, -0.1) is 0 Å². The predicted molar refractivity (Wildman–Crippen MR) is 94.8 cm³/mol. The maximum atomic E-state index is 12.7. The van der Waals surface area contributed by atoms with Crippen molar-refractivity contribution in [2.75, 3.05) is 25.0 Å². The van der Waals surface area contributed by atoms with Crippen LogP contribution in [-0.2, 0) is 4.79 Å². The van der Waals surface area contributed by atoms with E-state index in [1.165, 1.54) is 0 Å². The van der Waals surface area contributed by atoms with Crippen LogP contribution in [0.25, 0.3) is 0 Å². The number of aliphatic carboxylic acids is 1. The Hall–Kier alpha value is -2.24. The van der Waals surface area contributed by atoms with Crippen LogP contribution in [0.3, 0.4) is 0 Å². The van der Waals surface area contributed by atoms with Gasteiger partial charge in [-0.25, -0.2) is 4.79 Å². The molecule has 2 atom stereocenters. The van der Waals surface area contributed by atoms with Crippen molar-refractivity contribution in [3.05, 3.63) is 24.3 Å². The molecule has 2 aliphatic rings. The quantitative estimate of drug-likeness (QED) is 0.772. The highest BCUT2D eigenvalue weighted by Gasteiger charge is 2.55. The van der Waals surface area contributed by atoms with Crippen molar-refractivity contribution in [2.45, 2.75) is 39.0 Å². The van der Waals surface area contributed by atoms with E-state index in [4.69, 9.17) is 4.74 Å². The first-order valence-electron chi connectivity index (χ1n) is 9.08. The molecule has 0 radical (unpaired) electrons. The third-order valence-electron chi connectivity index (χ3n) is 5.47. The molecule has 1 heterocycles. The van der Waals surface area contributed by atoms with Crippen molar-refractivity contribution in [3.63, 3.8) is 0 Å². The zero-order valence-corrected chi connectivity index (χ0v) is 14.7. The van der Waals surface area contributed by atoms with Gasteiger partial charge in [-0.2, -0.15) is 0 Å². The number of fused-ring (bicyclic) bond motifs is 1. The molecule has 1 saturated carbocycles. The molecule has 0 spiro atoms. The number of carbonyl (C=O) groups is 2. The number of ether oxygens (including phenoxy) is 1. The minimum Gasteiger partial charge on any atom is -0.491 e. The van der Waals surface area contributed by atoms with Gasteiger partial charge < -0.3 is 20.1 Å². The SMILES string of the molecule is CCCCOc1ccccc1NC(=O)N1C[C@@H]2CCC[C@@]2(C(=O)O)C1. The van der Waals surface area contributed by atoms with Gasteiger partial charge in [-0.3, -0.25) is 4.79 Å². The Morgan fingerprint density at radius 3 is 2.92 bits per heavy atom. The number of nitrogens with zero attached hydrogens (tertiary/aromatic N) is 1. The van der Waals surface area contributed by atoms with Gasteiger partial charge in [0.2, 0.25) is 0 Å².